The van der Waals surface area contributed by atoms with Crippen molar-refractivity contribution in [3.8, 4) is 0 Å². The molecule has 0 rings (SSSR count). The number of hydrogen-bond donors (Lipinski definition) is 2. The second kappa shape index (κ2) is 9.54. The summed E-state index contributed by atoms with van der Waals surface area (Å²) >= 11 is 0. The average Bonchev–Trinajstić information content (AvgIpc) is 2.30. The van der Waals surface area contributed by atoms with Crippen LogP contribution in [0.3, 0.4) is 0 Å². The van der Waals surface area contributed by atoms with Gasteiger partial charge in [0, 0.05) is 13.0 Å². The van der Waals surface area contributed by atoms with Gasteiger partial charge in [0.2, 0.25) is 5.91 Å². The van der Waals surface area contributed by atoms with E-state index in [1.165, 1.54) is 0 Å². The molecule has 0 aromatic rings. The molecule has 0 aromatic carbocycles. The lowest BCUT2D eigenvalue weighted by molar-refractivity contribution is -0.121. The highest BCUT2D eigenvalue weighted by molar-refractivity contribution is 5.75. The Bertz CT molecular complexity index is 191. The Morgan fingerprint density at radius 1 is 1.44 bits per heavy atom. The van der Waals surface area contributed by atoms with Crippen molar-refractivity contribution in [2.24, 2.45) is 0 Å². The molecule has 0 aliphatic carbocycles. The van der Waals surface area contributed by atoms with Gasteiger partial charge < -0.3 is 15.4 Å². The zero-order valence-corrected chi connectivity index (χ0v) is 10.4. The maximum Gasteiger partial charge on any atom is 0.219 e. The predicted octanol–water partition coefficient (Wildman–Crippen LogP) is 0.865. The highest BCUT2D eigenvalue weighted by Gasteiger charge is 2.17. The van der Waals surface area contributed by atoms with E-state index in [9.17, 15) is 9.18 Å². The Morgan fingerprint density at radius 3 is 2.69 bits per heavy atom. The van der Waals surface area contributed by atoms with Gasteiger partial charge >= 0.3 is 0 Å². The Morgan fingerprint density at radius 2 is 2.12 bits per heavy atom. The minimum absolute atomic E-state index is 0.0229. The van der Waals surface area contributed by atoms with Gasteiger partial charge in [0.15, 0.2) is 0 Å². The van der Waals surface area contributed by atoms with Crippen molar-refractivity contribution in [2.45, 2.75) is 39.5 Å². The summed E-state index contributed by atoms with van der Waals surface area (Å²) in [6.45, 7) is 7.51. The Balaban J connectivity index is 3.56. The lowest BCUT2D eigenvalue weighted by Gasteiger charge is -2.18. The minimum atomic E-state index is -1.16. The van der Waals surface area contributed by atoms with Crippen LogP contribution in [-0.2, 0) is 9.53 Å². The molecule has 0 spiro atoms. The van der Waals surface area contributed by atoms with E-state index in [-0.39, 0.29) is 12.5 Å². The van der Waals surface area contributed by atoms with E-state index < -0.39 is 12.3 Å². The van der Waals surface area contributed by atoms with Gasteiger partial charge in [0.25, 0.3) is 0 Å². The summed E-state index contributed by atoms with van der Waals surface area (Å²) in [5.41, 5.74) is 0. The quantitative estimate of drug-likeness (QED) is 0.582. The summed E-state index contributed by atoms with van der Waals surface area (Å²) in [5.74, 6) is -0.137. The molecule has 16 heavy (non-hydrogen) atoms. The van der Waals surface area contributed by atoms with E-state index in [4.69, 9.17) is 4.74 Å². The predicted molar refractivity (Wildman–Crippen MR) is 62.2 cm³/mol. The van der Waals surface area contributed by atoms with Gasteiger partial charge in [-0.25, -0.2) is 4.39 Å². The van der Waals surface area contributed by atoms with Gasteiger partial charge in [-0.1, -0.05) is 13.8 Å². The maximum absolute atomic E-state index is 13.4. The topological polar surface area (TPSA) is 50.4 Å². The molecular formula is C11H23FN2O2. The first kappa shape index (κ1) is 15.3. The molecule has 0 aliphatic rings. The van der Waals surface area contributed by atoms with Crippen LogP contribution in [0.15, 0.2) is 0 Å². The number of alkyl halides is 1. The van der Waals surface area contributed by atoms with Gasteiger partial charge in [-0.3, -0.25) is 4.79 Å². The normalized spacial score (nSPS) is 14.5. The largest absolute Gasteiger partial charge is 0.374 e. The molecule has 0 saturated heterocycles. The molecule has 4 nitrogen and oxygen atoms in total. The number of carbonyl (C=O) groups is 1. The summed E-state index contributed by atoms with van der Waals surface area (Å²) in [4.78, 5) is 10.9. The van der Waals surface area contributed by atoms with Crippen molar-refractivity contribution in [3.05, 3.63) is 0 Å². The molecule has 5 heteroatoms. The summed E-state index contributed by atoms with van der Waals surface area (Å²) in [5, 5.41) is 5.59. The summed E-state index contributed by atoms with van der Waals surface area (Å²) in [6, 6.07) is 0. The fourth-order valence-corrected chi connectivity index (χ4v) is 1.10. The van der Waals surface area contributed by atoms with E-state index in [0.717, 1.165) is 13.1 Å². The molecule has 2 unspecified atom stereocenters. The van der Waals surface area contributed by atoms with Crippen LogP contribution >= 0.6 is 0 Å². The van der Waals surface area contributed by atoms with Gasteiger partial charge in [0.1, 0.15) is 6.17 Å². The number of rotatable bonds is 9. The molecule has 0 radical (unpaired) electrons. The molecule has 96 valence electrons. The van der Waals surface area contributed by atoms with Crippen molar-refractivity contribution >= 4 is 5.91 Å². The summed E-state index contributed by atoms with van der Waals surface area (Å²) < 4.78 is 18.7. The number of ether oxygens (including phenoxy) is 1. The van der Waals surface area contributed by atoms with Gasteiger partial charge in [-0.05, 0) is 13.5 Å². The van der Waals surface area contributed by atoms with E-state index >= 15 is 0 Å². The summed E-state index contributed by atoms with van der Waals surface area (Å²) in [6.07, 6.45) is -1.27. The zero-order valence-electron chi connectivity index (χ0n) is 10.4. The number of likely N-dealkylation sites (N-methyl/N-ethyl adjacent to an activating group) is 1. The number of hydrogen-bond acceptors (Lipinski definition) is 3. The number of amides is 1. The van der Waals surface area contributed by atoms with Crippen LogP contribution in [0.25, 0.3) is 0 Å². The third-order valence-corrected chi connectivity index (χ3v) is 2.23. The molecule has 2 N–H and O–H groups in total. The average molecular weight is 234 g/mol. The maximum atomic E-state index is 13.4. The second-order valence-electron chi connectivity index (χ2n) is 3.60. The minimum Gasteiger partial charge on any atom is -0.374 e. The molecule has 0 aromatic heterocycles. The summed E-state index contributed by atoms with van der Waals surface area (Å²) in [7, 11) is 0. The lowest BCUT2D eigenvalue weighted by Crippen LogP contribution is -2.37. The first-order valence-corrected chi connectivity index (χ1v) is 5.84. The first-order valence-electron chi connectivity index (χ1n) is 5.84. The molecule has 0 bridgehead atoms. The van der Waals surface area contributed by atoms with Crippen molar-refractivity contribution < 1.29 is 13.9 Å². The first-order chi connectivity index (χ1) is 7.61. The molecule has 0 heterocycles. The molecule has 2 atom stereocenters. The fraction of sp³-hybridized carbons (Fsp3) is 0.909. The van der Waals surface area contributed by atoms with Crippen molar-refractivity contribution in [3.63, 3.8) is 0 Å². The van der Waals surface area contributed by atoms with Crippen LogP contribution < -0.4 is 10.6 Å². The van der Waals surface area contributed by atoms with Gasteiger partial charge in [-0.2, -0.15) is 0 Å². The van der Waals surface area contributed by atoms with E-state index in [2.05, 4.69) is 10.6 Å². The number of carbonyl (C=O) groups excluding carboxylic acids is 1. The monoisotopic (exact) mass is 234 g/mol. The SMILES string of the molecule is CCNCCOC(C)C(F)CNC(=O)CC. The van der Waals surface area contributed by atoms with Gasteiger partial charge in [-0.15, -0.1) is 0 Å². The van der Waals surface area contributed by atoms with Crippen molar-refractivity contribution in [1.82, 2.24) is 10.6 Å². The third kappa shape index (κ3) is 7.59. The molecule has 0 fully saturated rings. The number of nitrogens with one attached hydrogen (secondary N) is 2. The molecular weight excluding hydrogens is 211 g/mol. The molecule has 1 amide bonds. The fourth-order valence-electron chi connectivity index (χ4n) is 1.10. The Hall–Kier alpha value is -0.680. The Labute approximate surface area is 96.9 Å². The second-order valence-corrected chi connectivity index (χ2v) is 3.60. The Kier molecular flexibility index (Phi) is 9.13. The van der Waals surface area contributed by atoms with Crippen LogP contribution in [-0.4, -0.2) is 44.4 Å². The van der Waals surface area contributed by atoms with Crippen LogP contribution in [0.1, 0.15) is 27.2 Å². The van der Waals surface area contributed by atoms with Gasteiger partial charge in [0.05, 0.1) is 19.3 Å². The van der Waals surface area contributed by atoms with Crippen molar-refractivity contribution in [2.75, 3.05) is 26.2 Å². The third-order valence-electron chi connectivity index (χ3n) is 2.23. The molecule has 0 aliphatic heterocycles. The van der Waals surface area contributed by atoms with Crippen LogP contribution in [0, 0.1) is 0 Å². The lowest BCUT2D eigenvalue weighted by atomic mass is 10.2. The molecule has 0 saturated carbocycles. The van der Waals surface area contributed by atoms with Crippen LogP contribution in [0.2, 0.25) is 0 Å². The van der Waals surface area contributed by atoms with Crippen molar-refractivity contribution in [1.29, 1.82) is 0 Å². The van der Waals surface area contributed by atoms with E-state index in [0.29, 0.717) is 13.0 Å². The highest BCUT2D eigenvalue weighted by atomic mass is 19.1. The smallest absolute Gasteiger partial charge is 0.219 e. The zero-order chi connectivity index (χ0) is 12.4. The highest BCUT2D eigenvalue weighted by Crippen LogP contribution is 2.02. The van der Waals surface area contributed by atoms with Crippen LogP contribution in [0.4, 0.5) is 4.39 Å². The standard InChI is InChI=1S/C11H23FN2O2/c1-4-11(15)14-8-10(12)9(3)16-7-6-13-5-2/h9-10,13H,4-8H2,1-3H3,(H,14,15). The number of halogens is 1. The van der Waals surface area contributed by atoms with E-state index in [1.54, 1.807) is 13.8 Å². The van der Waals surface area contributed by atoms with Crippen LogP contribution in [0.5, 0.6) is 0 Å². The van der Waals surface area contributed by atoms with E-state index in [1.807, 2.05) is 6.92 Å².